The van der Waals surface area contributed by atoms with Crippen LogP contribution in [-0.4, -0.2) is 23.6 Å². The van der Waals surface area contributed by atoms with E-state index in [1.807, 2.05) is 13.0 Å². The molecule has 0 aliphatic rings. The molecule has 19 heavy (non-hydrogen) atoms. The summed E-state index contributed by atoms with van der Waals surface area (Å²) in [5, 5.41) is 12.7. The van der Waals surface area contributed by atoms with Crippen LogP contribution in [0.2, 0.25) is 0 Å². The number of hydrogen-bond donors (Lipinski definition) is 3. The second-order valence-corrected chi connectivity index (χ2v) is 4.75. The van der Waals surface area contributed by atoms with Crippen molar-refractivity contribution in [2.45, 2.75) is 45.6 Å². The van der Waals surface area contributed by atoms with Gasteiger partial charge in [0.05, 0.1) is 5.56 Å². The van der Waals surface area contributed by atoms with Crippen LogP contribution >= 0.6 is 0 Å². The van der Waals surface area contributed by atoms with Gasteiger partial charge >= 0.3 is 0 Å². The Balaban J connectivity index is 2.76. The second-order valence-electron chi connectivity index (χ2n) is 4.75. The lowest BCUT2D eigenvalue weighted by Gasteiger charge is -2.17. The Bertz CT molecular complexity index is 419. The minimum absolute atomic E-state index is 0.0148. The highest BCUT2D eigenvalue weighted by atomic mass is 16.3. The fraction of sp³-hybridized carbons (Fsp3) is 0.533. The van der Waals surface area contributed by atoms with Gasteiger partial charge in [-0.15, -0.1) is 0 Å². The number of nitrogens with two attached hydrogens (primary N) is 1. The predicted molar refractivity (Wildman–Crippen MR) is 77.3 cm³/mol. The first-order chi connectivity index (χ1) is 9.12. The number of unbranched alkanes of at least 4 members (excludes halogenated alkanes) is 1. The largest absolute Gasteiger partial charge is 0.507 e. The summed E-state index contributed by atoms with van der Waals surface area (Å²) in [5.41, 5.74) is 7.01. The molecule has 1 unspecified atom stereocenters. The molecule has 1 aromatic carbocycles. The monoisotopic (exact) mass is 264 g/mol. The summed E-state index contributed by atoms with van der Waals surface area (Å²) in [6.07, 6.45) is 3.80. The highest BCUT2D eigenvalue weighted by Crippen LogP contribution is 2.19. The van der Waals surface area contributed by atoms with Crippen LogP contribution in [-0.2, 0) is 6.42 Å². The van der Waals surface area contributed by atoms with Gasteiger partial charge in [-0.2, -0.15) is 0 Å². The summed E-state index contributed by atoms with van der Waals surface area (Å²) in [6, 6.07) is 5.09. The molecule has 0 spiro atoms. The first kappa shape index (κ1) is 15.5. The Morgan fingerprint density at radius 1 is 1.42 bits per heavy atom. The molecule has 0 aliphatic heterocycles. The smallest absolute Gasteiger partial charge is 0.255 e. The molecule has 0 bridgehead atoms. The Hall–Kier alpha value is -1.55. The number of carbonyl (C=O) groups is 1. The SMILES string of the molecule is CCCCC(CN)NC(=O)c1cc(CC)ccc1O. The number of aryl methyl sites for hydroxylation is 1. The molecule has 4 heteroatoms. The molecule has 0 saturated carbocycles. The number of phenols is 1. The Labute approximate surface area is 115 Å². The fourth-order valence-electron chi connectivity index (χ4n) is 1.95. The van der Waals surface area contributed by atoms with Gasteiger partial charge in [0, 0.05) is 12.6 Å². The van der Waals surface area contributed by atoms with E-state index >= 15 is 0 Å². The van der Waals surface area contributed by atoms with Crippen LogP contribution in [0.15, 0.2) is 18.2 Å². The Morgan fingerprint density at radius 3 is 2.74 bits per heavy atom. The van der Waals surface area contributed by atoms with Gasteiger partial charge in [0.1, 0.15) is 5.75 Å². The van der Waals surface area contributed by atoms with E-state index in [-0.39, 0.29) is 17.7 Å². The molecule has 0 saturated heterocycles. The lowest BCUT2D eigenvalue weighted by molar-refractivity contribution is 0.0933. The summed E-state index contributed by atoms with van der Waals surface area (Å²) < 4.78 is 0. The molecule has 0 heterocycles. The average molecular weight is 264 g/mol. The quantitative estimate of drug-likeness (QED) is 0.706. The minimum Gasteiger partial charge on any atom is -0.507 e. The van der Waals surface area contributed by atoms with Crippen molar-refractivity contribution < 1.29 is 9.90 Å². The van der Waals surface area contributed by atoms with Crippen molar-refractivity contribution in [3.63, 3.8) is 0 Å². The number of rotatable bonds is 7. The fourth-order valence-corrected chi connectivity index (χ4v) is 1.95. The first-order valence-electron chi connectivity index (χ1n) is 6.95. The van der Waals surface area contributed by atoms with Gasteiger partial charge in [0.25, 0.3) is 5.91 Å². The number of aromatic hydroxyl groups is 1. The number of phenolic OH excluding ortho intramolecular Hbond substituents is 1. The van der Waals surface area contributed by atoms with Gasteiger partial charge in [0.15, 0.2) is 0 Å². The second kappa shape index (κ2) is 7.79. The molecule has 4 N–H and O–H groups in total. The Kier molecular flexibility index (Phi) is 6.36. The van der Waals surface area contributed by atoms with Gasteiger partial charge < -0.3 is 16.2 Å². The van der Waals surface area contributed by atoms with Crippen LogP contribution in [0.3, 0.4) is 0 Å². The van der Waals surface area contributed by atoms with Gasteiger partial charge in [-0.3, -0.25) is 4.79 Å². The van der Waals surface area contributed by atoms with Crippen molar-refractivity contribution in [3.05, 3.63) is 29.3 Å². The van der Waals surface area contributed by atoms with Crippen molar-refractivity contribution in [1.29, 1.82) is 0 Å². The number of benzene rings is 1. The lowest BCUT2D eigenvalue weighted by atomic mass is 10.1. The number of carbonyl (C=O) groups excluding carboxylic acids is 1. The van der Waals surface area contributed by atoms with Crippen molar-refractivity contribution >= 4 is 5.91 Å². The van der Waals surface area contributed by atoms with Crippen LogP contribution in [0.25, 0.3) is 0 Å². The van der Waals surface area contributed by atoms with E-state index in [1.165, 1.54) is 0 Å². The summed E-state index contributed by atoms with van der Waals surface area (Å²) >= 11 is 0. The van der Waals surface area contributed by atoms with Crippen LogP contribution in [0.4, 0.5) is 0 Å². The van der Waals surface area contributed by atoms with E-state index in [0.717, 1.165) is 31.2 Å². The van der Waals surface area contributed by atoms with Gasteiger partial charge in [-0.1, -0.05) is 32.8 Å². The van der Waals surface area contributed by atoms with Crippen LogP contribution in [0.1, 0.15) is 49.0 Å². The maximum atomic E-state index is 12.1. The summed E-state index contributed by atoms with van der Waals surface area (Å²) in [5.74, 6) is -0.236. The van der Waals surface area contributed by atoms with Crippen molar-refractivity contribution in [2.24, 2.45) is 5.73 Å². The summed E-state index contributed by atoms with van der Waals surface area (Å²) in [4.78, 5) is 12.1. The third kappa shape index (κ3) is 4.56. The predicted octanol–water partition coefficient (Wildman–Crippen LogP) is 2.20. The van der Waals surface area contributed by atoms with Crippen molar-refractivity contribution in [2.75, 3.05) is 6.54 Å². The summed E-state index contributed by atoms with van der Waals surface area (Å²) in [6.45, 7) is 4.53. The van der Waals surface area contributed by atoms with Crippen LogP contribution in [0, 0.1) is 0 Å². The molecular formula is C15H24N2O2. The minimum atomic E-state index is -0.251. The maximum absolute atomic E-state index is 12.1. The zero-order chi connectivity index (χ0) is 14.3. The van der Waals surface area contributed by atoms with E-state index in [9.17, 15) is 9.90 Å². The molecule has 106 valence electrons. The number of hydrogen-bond acceptors (Lipinski definition) is 3. The van der Waals surface area contributed by atoms with Crippen LogP contribution < -0.4 is 11.1 Å². The van der Waals surface area contributed by atoms with Gasteiger partial charge in [0.2, 0.25) is 0 Å². The van der Waals surface area contributed by atoms with E-state index in [1.54, 1.807) is 12.1 Å². The highest BCUT2D eigenvalue weighted by molar-refractivity contribution is 5.97. The molecule has 0 aromatic heterocycles. The third-order valence-electron chi connectivity index (χ3n) is 3.24. The summed E-state index contributed by atoms with van der Waals surface area (Å²) in [7, 11) is 0. The maximum Gasteiger partial charge on any atom is 0.255 e. The molecule has 1 rings (SSSR count). The number of amides is 1. The molecule has 0 radical (unpaired) electrons. The topological polar surface area (TPSA) is 75.3 Å². The Morgan fingerprint density at radius 2 is 2.16 bits per heavy atom. The van der Waals surface area contributed by atoms with E-state index in [0.29, 0.717) is 12.1 Å². The third-order valence-corrected chi connectivity index (χ3v) is 3.24. The molecule has 1 atom stereocenters. The average Bonchev–Trinajstić information content (AvgIpc) is 2.43. The number of nitrogens with one attached hydrogen (secondary N) is 1. The van der Waals surface area contributed by atoms with Gasteiger partial charge in [-0.25, -0.2) is 0 Å². The standard InChI is InChI=1S/C15H24N2O2/c1-3-5-6-12(10-16)17-15(19)13-9-11(4-2)7-8-14(13)18/h7-9,12,18H,3-6,10,16H2,1-2H3,(H,17,19). The highest BCUT2D eigenvalue weighted by Gasteiger charge is 2.15. The lowest BCUT2D eigenvalue weighted by Crippen LogP contribution is -2.40. The molecule has 0 aliphatic carbocycles. The van der Waals surface area contributed by atoms with Crippen LogP contribution in [0.5, 0.6) is 5.75 Å². The normalized spacial score (nSPS) is 12.2. The van der Waals surface area contributed by atoms with Crippen molar-refractivity contribution in [3.8, 4) is 5.75 Å². The van der Waals surface area contributed by atoms with E-state index in [2.05, 4.69) is 12.2 Å². The zero-order valence-electron chi connectivity index (χ0n) is 11.8. The zero-order valence-corrected chi connectivity index (χ0v) is 11.8. The molecule has 4 nitrogen and oxygen atoms in total. The molecule has 1 amide bonds. The molecular weight excluding hydrogens is 240 g/mol. The molecule has 0 fully saturated rings. The molecule has 1 aromatic rings. The van der Waals surface area contributed by atoms with E-state index < -0.39 is 0 Å². The van der Waals surface area contributed by atoms with Crippen molar-refractivity contribution in [1.82, 2.24) is 5.32 Å². The first-order valence-corrected chi connectivity index (χ1v) is 6.95. The van der Waals surface area contributed by atoms with E-state index in [4.69, 9.17) is 5.73 Å². The van der Waals surface area contributed by atoms with Gasteiger partial charge in [-0.05, 0) is 30.5 Å².